The summed E-state index contributed by atoms with van der Waals surface area (Å²) in [6.07, 6.45) is 2.43. The fourth-order valence-corrected chi connectivity index (χ4v) is 5.12. The Balaban J connectivity index is 1.41. The number of aryl methyl sites for hydroxylation is 2. The second kappa shape index (κ2) is 7.67. The Labute approximate surface area is 183 Å². The van der Waals surface area contributed by atoms with Crippen molar-refractivity contribution in [1.82, 2.24) is 9.55 Å². The minimum Gasteiger partial charge on any atom is -0.339 e. The molecule has 3 heterocycles. The standard InChI is InChI=1S/C24H22N4O2S/c1-15-16(2)31-23-22(15)24(30)27(14-25-23)13-21(29)26-18-8-4-6-10-20(18)28-12-11-17-7-3-5-9-19(17)28/h3-10,14H,11-13H2,1-2H3,(H,26,29). The van der Waals surface area contributed by atoms with E-state index in [1.807, 2.05) is 44.2 Å². The lowest BCUT2D eigenvalue weighted by Gasteiger charge is -2.23. The third-order valence-electron chi connectivity index (χ3n) is 5.83. The maximum absolute atomic E-state index is 12.9. The predicted molar refractivity (Wildman–Crippen MR) is 126 cm³/mol. The summed E-state index contributed by atoms with van der Waals surface area (Å²) in [4.78, 5) is 34.2. The van der Waals surface area contributed by atoms with Crippen LogP contribution in [-0.4, -0.2) is 22.0 Å². The maximum atomic E-state index is 12.9. The van der Waals surface area contributed by atoms with Gasteiger partial charge in [-0.3, -0.25) is 14.2 Å². The van der Waals surface area contributed by atoms with E-state index in [9.17, 15) is 9.59 Å². The molecule has 0 saturated heterocycles. The van der Waals surface area contributed by atoms with Gasteiger partial charge in [-0.05, 0) is 49.6 Å². The smallest absolute Gasteiger partial charge is 0.262 e. The summed E-state index contributed by atoms with van der Waals surface area (Å²) in [5, 5.41) is 3.60. The molecule has 0 spiro atoms. The highest BCUT2D eigenvalue weighted by atomic mass is 32.1. The average Bonchev–Trinajstić information content (AvgIpc) is 3.32. The number of benzene rings is 2. The van der Waals surface area contributed by atoms with Crippen molar-refractivity contribution in [3.8, 4) is 0 Å². The number of nitrogens with one attached hydrogen (secondary N) is 1. The SMILES string of the molecule is Cc1sc2ncn(CC(=O)Nc3ccccc3N3CCc4ccccc43)c(=O)c2c1C. The predicted octanol–water partition coefficient (Wildman–Crippen LogP) is 4.41. The molecule has 4 aromatic rings. The molecule has 7 heteroatoms. The summed E-state index contributed by atoms with van der Waals surface area (Å²) < 4.78 is 1.38. The number of rotatable bonds is 4. The number of anilines is 3. The average molecular weight is 431 g/mol. The van der Waals surface area contributed by atoms with E-state index < -0.39 is 0 Å². The number of nitrogens with zero attached hydrogens (tertiary/aromatic N) is 3. The van der Waals surface area contributed by atoms with Crippen LogP contribution in [0.2, 0.25) is 0 Å². The molecule has 0 saturated carbocycles. The van der Waals surface area contributed by atoms with Gasteiger partial charge in [-0.2, -0.15) is 0 Å². The zero-order chi connectivity index (χ0) is 21.5. The topological polar surface area (TPSA) is 67.2 Å². The van der Waals surface area contributed by atoms with Gasteiger partial charge in [0.05, 0.1) is 23.1 Å². The van der Waals surface area contributed by atoms with E-state index in [2.05, 4.69) is 33.4 Å². The molecule has 1 aliphatic heterocycles. The first-order valence-electron chi connectivity index (χ1n) is 10.2. The number of hydrogen-bond acceptors (Lipinski definition) is 5. The van der Waals surface area contributed by atoms with E-state index >= 15 is 0 Å². The summed E-state index contributed by atoms with van der Waals surface area (Å²) in [6.45, 7) is 4.68. The van der Waals surface area contributed by atoms with Gasteiger partial charge in [-0.1, -0.05) is 30.3 Å². The molecule has 0 atom stereocenters. The number of aromatic nitrogens is 2. The highest BCUT2D eigenvalue weighted by Gasteiger charge is 2.22. The number of para-hydroxylation sites is 3. The lowest BCUT2D eigenvalue weighted by molar-refractivity contribution is -0.116. The van der Waals surface area contributed by atoms with Gasteiger partial charge in [0.15, 0.2) is 0 Å². The van der Waals surface area contributed by atoms with Crippen molar-refractivity contribution in [3.63, 3.8) is 0 Å². The molecule has 0 aliphatic carbocycles. The van der Waals surface area contributed by atoms with Crippen LogP contribution in [0.3, 0.4) is 0 Å². The van der Waals surface area contributed by atoms with Crippen LogP contribution < -0.4 is 15.8 Å². The van der Waals surface area contributed by atoms with Crippen LogP contribution in [0.4, 0.5) is 17.1 Å². The molecule has 0 unspecified atom stereocenters. The fraction of sp³-hybridized carbons (Fsp3) is 0.208. The molecule has 0 radical (unpaired) electrons. The quantitative estimate of drug-likeness (QED) is 0.521. The van der Waals surface area contributed by atoms with Crippen LogP contribution in [-0.2, 0) is 17.8 Å². The molecule has 0 bridgehead atoms. The minimum absolute atomic E-state index is 0.0823. The van der Waals surface area contributed by atoms with Crippen LogP contribution >= 0.6 is 11.3 Å². The van der Waals surface area contributed by atoms with Crippen molar-refractivity contribution in [3.05, 3.63) is 81.2 Å². The Morgan fingerprint density at radius 3 is 2.68 bits per heavy atom. The number of fused-ring (bicyclic) bond motifs is 2. The number of amides is 1. The molecule has 5 rings (SSSR count). The summed E-state index contributed by atoms with van der Waals surface area (Å²) >= 11 is 1.50. The highest BCUT2D eigenvalue weighted by molar-refractivity contribution is 7.18. The zero-order valence-electron chi connectivity index (χ0n) is 17.4. The van der Waals surface area contributed by atoms with Gasteiger partial charge in [0.2, 0.25) is 5.91 Å². The molecular weight excluding hydrogens is 408 g/mol. The van der Waals surface area contributed by atoms with Gasteiger partial charge >= 0.3 is 0 Å². The summed E-state index contributed by atoms with van der Waals surface area (Å²) in [5.41, 5.74) is 4.91. The highest BCUT2D eigenvalue weighted by Crippen LogP contribution is 2.38. The lowest BCUT2D eigenvalue weighted by atomic mass is 10.2. The Bertz CT molecular complexity index is 1370. The molecular formula is C24H22N4O2S. The van der Waals surface area contributed by atoms with Crippen molar-refractivity contribution in [1.29, 1.82) is 0 Å². The third-order valence-corrected chi connectivity index (χ3v) is 6.94. The summed E-state index contributed by atoms with van der Waals surface area (Å²) in [6, 6.07) is 16.1. The van der Waals surface area contributed by atoms with Crippen LogP contribution in [0.25, 0.3) is 10.2 Å². The monoisotopic (exact) mass is 430 g/mol. The zero-order valence-corrected chi connectivity index (χ0v) is 18.2. The summed E-state index contributed by atoms with van der Waals surface area (Å²) in [5.74, 6) is -0.257. The first kappa shape index (κ1) is 19.5. The van der Waals surface area contributed by atoms with E-state index in [-0.39, 0.29) is 18.0 Å². The Morgan fingerprint density at radius 2 is 1.84 bits per heavy atom. The molecule has 156 valence electrons. The van der Waals surface area contributed by atoms with Crippen LogP contribution in [0.15, 0.2) is 59.7 Å². The Morgan fingerprint density at radius 1 is 1.10 bits per heavy atom. The van der Waals surface area contributed by atoms with Gasteiger partial charge in [-0.15, -0.1) is 11.3 Å². The van der Waals surface area contributed by atoms with E-state index in [1.54, 1.807) is 0 Å². The Hall–Kier alpha value is -3.45. The van der Waals surface area contributed by atoms with Gasteiger partial charge in [0.25, 0.3) is 5.56 Å². The third kappa shape index (κ3) is 3.41. The fourth-order valence-electron chi connectivity index (χ4n) is 4.13. The largest absolute Gasteiger partial charge is 0.339 e. The molecule has 6 nitrogen and oxygen atoms in total. The molecule has 2 aromatic carbocycles. The van der Waals surface area contributed by atoms with Gasteiger partial charge in [0, 0.05) is 17.1 Å². The van der Waals surface area contributed by atoms with Crippen molar-refractivity contribution in [2.45, 2.75) is 26.8 Å². The van der Waals surface area contributed by atoms with Gasteiger partial charge in [0.1, 0.15) is 11.4 Å². The molecule has 0 fully saturated rings. The lowest BCUT2D eigenvalue weighted by Crippen LogP contribution is -2.28. The summed E-state index contributed by atoms with van der Waals surface area (Å²) in [7, 11) is 0. The number of carbonyl (C=O) groups excluding carboxylic acids is 1. The number of thiophene rings is 1. The second-order valence-electron chi connectivity index (χ2n) is 7.74. The van der Waals surface area contributed by atoms with E-state index in [4.69, 9.17) is 0 Å². The van der Waals surface area contributed by atoms with Gasteiger partial charge in [-0.25, -0.2) is 4.98 Å². The Kier molecular flexibility index (Phi) is 4.82. The molecule has 31 heavy (non-hydrogen) atoms. The van der Waals surface area contributed by atoms with E-state index in [0.29, 0.717) is 5.39 Å². The van der Waals surface area contributed by atoms with Crippen LogP contribution in [0.5, 0.6) is 0 Å². The molecule has 2 aromatic heterocycles. The van der Waals surface area contributed by atoms with E-state index in [1.165, 1.54) is 33.5 Å². The van der Waals surface area contributed by atoms with Crippen molar-refractivity contribution in [2.24, 2.45) is 0 Å². The number of hydrogen-bond donors (Lipinski definition) is 1. The van der Waals surface area contributed by atoms with Crippen molar-refractivity contribution in [2.75, 3.05) is 16.8 Å². The number of carbonyl (C=O) groups is 1. The second-order valence-corrected chi connectivity index (χ2v) is 8.94. The molecule has 1 amide bonds. The van der Waals surface area contributed by atoms with Crippen LogP contribution in [0.1, 0.15) is 16.0 Å². The maximum Gasteiger partial charge on any atom is 0.262 e. The first-order valence-corrected chi connectivity index (χ1v) is 11.0. The molecule has 1 aliphatic rings. The molecule has 1 N–H and O–H groups in total. The normalized spacial score (nSPS) is 12.9. The first-order chi connectivity index (χ1) is 15.0. The van der Waals surface area contributed by atoms with Crippen molar-refractivity contribution >= 4 is 44.5 Å². The van der Waals surface area contributed by atoms with Crippen LogP contribution in [0, 0.1) is 13.8 Å². The van der Waals surface area contributed by atoms with E-state index in [0.717, 1.165) is 39.6 Å². The van der Waals surface area contributed by atoms with Crippen molar-refractivity contribution < 1.29 is 4.79 Å². The van der Waals surface area contributed by atoms with Gasteiger partial charge < -0.3 is 10.2 Å². The minimum atomic E-state index is -0.257.